The number of aromatic nitrogens is 1. The first-order valence-corrected chi connectivity index (χ1v) is 10.0. The minimum absolute atomic E-state index is 0.0339. The normalized spacial score (nSPS) is 15.4. The number of benzene rings is 3. The van der Waals surface area contributed by atoms with E-state index in [1.807, 2.05) is 83.9 Å². The summed E-state index contributed by atoms with van der Waals surface area (Å²) >= 11 is 0. The number of hydrogen-bond acceptors (Lipinski definition) is 2. The Morgan fingerprint density at radius 3 is 2.50 bits per heavy atom. The highest BCUT2D eigenvalue weighted by Gasteiger charge is 2.38. The number of aromatic amines is 1. The van der Waals surface area contributed by atoms with Gasteiger partial charge in [-0.3, -0.25) is 9.59 Å². The van der Waals surface area contributed by atoms with Crippen molar-refractivity contribution in [1.29, 1.82) is 0 Å². The molecule has 0 saturated heterocycles. The zero-order valence-corrected chi connectivity index (χ0v) is 16.3. The summed E-state index contributed by atoms with van der Waals surface area (Å²) in [6.45, 7) is 0.344. The van der Waals surface area contributed by atoms with E-state index in [0.29, 0.717) is 12.1 Å². The Bertz CT molecular complexity index is 1230. The molecule has 1 aliphatic rings. The fraction of sp³-hybridized carbons (Fsp3) is 0.120. The molecule has 0 radical (unpaired) electrons. The van der Waals surface area contributed by atoms with Gasteiger partial charge in [-0.05, 0) is 29.8 Å². The molecule has 5 nitrogen and oxygen atoms in total. The van der Waals surface area contributed by atoms with Crippen molar-refractivity contribution in [3.05, 3.63) is 102 Å². The van der Waals surface area contributed by atoms with Crippen LogP contribution in [0.5, 0.6) is 0 Å². The first-order chi connectivity index (χ1) is 14.7. The molecule has 0 saturated carbocycles. The molecule has 1 atom stereocenters. The topological polar surface area (TPSA) is 65.2 Å². The minimum atomic E-state index is -0.214. The molecular formula is C25H21N3O2. The SMILES string of the molecule is O=C(CCN1C(=O)c2ccccc2[C@@H]1c1c[nH]c2ccccc12)Nc1ccccc1. The van der Waals surface area contributed by atoms with E-state index < -0.39 is 0 Å². The second-order valence-corrected chi connectivity index (χ2v) is 7.44. The fourth-order valence-corrected chi connectivity index (χ4v) is 4.22. The van der Waals surface area contributed by atoms with Crippen LogP contribution in [0.2, 0.25) is 0 Å². The van der Waals surface area contributed by atoms with Crippen molar-refractivity contribution in [3.8, 4) is 0 Å². The Morgan fingerprint density at radius 1 is 0.900 bits per heavy atom. The maximum atomic E-state index is 13.2. The highest BCUT2D eigenvalue weighted by molar-refractivity contribution is 6.01. The molecule has 0 unspecified atom stereocenters. The van der Waals surface area contributed by atoms with E-state index in [9.17, 15) is 9.59 Å². The summed E-state index contributed by atoms with van der Waals surface area (Å²) in [6.07, 6.45) is 2.20. The summed E-state index contributed by atoms with van der Waals surface area (Å²) < 4.78 is 0. The van der Waals surface area contributed by atoms with Gasteiger partial charge in [0.2, 0.25) is 5.91 Å². The van der Waals surface area contributed by atoms with Crippen molar-refractivity contribution in [3.63, 3.8) is 0 Å². The van der Waals surface area contributed by atoms with Crippen molar-refractivity contribution in [2.45, 2.75) is 12.5 Å². The van der Waals surface area contributed by atoms with Crippen LogP contribution in [-0.2, 0) is 4.79 Å². The van der Waals surface area contributed by atoms with Gasteiger partial charge in [0.1, 0.15) is 0 Å². The maximum absolute atomic E-state index is 13.2. The number of para-hydroxylation sites is 2. The van der Waals surface area contributed by atoms with Gasteiger partial charge in [0.05, 0.1) is 6.04 Å². The molecule has 30 heavy (non-hydrogen) atoms. The predicted octanol–water partition coefficient (Wildman–Crippen LogP) is 4.74. The van der Waals surface area contributed by atoms with Gasteiger partial charge in [-0.15, -0.1) is 0 Å². The second-order valence-electron chi connectivity index (χ2n) is 7.44. The molecule has 0 fully saturated rings. The van der Waals surface area contributed by atoms with Crippen LogP contribution in [0.4, 0.5) is 5.69 Å². The van der Waals surface area contributed by atoms with Crippen LogP contribution in [-0.4, -0.2) is 28.2 Å². The molecular weight excluding hydrogens is 374 g/mol. The molecule has 2 heterocycles. The fourth-order valence-electron chi connectivity index (χ4n) is 4.22. The number of carbonyl (C=O) groups excluding carboxylic acids is 2. The van der Waals surface area contributed by atoms with Crippen LogP contribution in [0.15, 0.2) is 85.1 Å². The van der Waals surface area contributed by atoms with E-state index in [-0.39, 0.29) is 24.3 Å². The van der Waals surface area contributed by atoms with E-state index in [0.717, 1.165) is 27.7 Å². The monoisotopic (exact) mass is 395 g/mol. The summed E-state index contributed by atoms with van der Waals surface area (Å²) in [5, 5.41) is 3.99. The van der Waals surface area contributed by atoms with Gasteiger partial charge in [-0.2, -0.15) is 0 Å². The van der Waals surface area contributed by atoms with Gasteiger partial charge in [-0.1, -0.05) is 54.6 Å². The second kappa shape index (κ2) is 7.52. The van der Waals surface area contributed by atoms with Crippen molar-refractivity contribution in [1.82, 2.24) is 9.88 Å². The molecule has 5 heteroatoms. The molecule has 0 bridgehead atoms. The first-order valence-electron chi connectivity index (χ1n) is 10.0. The molecule has 148 valence electrons. The average molecular weight is 395 g/mol. The van der Waals surface area contributed by atoms with Crippen molar-refractivity contribution in [2.24, 2.45) is 0 Å². The third kappa shape index (κ3) is 3.14. The average Bonchev–Trinajstić information content (AvgIpc) is 3.32. The van der Waals surface area contributed by atoms with E-state index in [1.165, 1.54) is 0 Å². The third-order valence-corrected chi connectivity index (χ3v) is 5.61. The van der Waals surface area contributed by atoms with Crippen molar-refractivity contribution < 1.29 is 9.59 Å². The lowest BCUT2D eigenvalue weighted by Crippen LogP contribution is -2.32. The number of amides is 2. The van der Waals surface area contributed by atoms with Crippen molar-refractivity contribution >= 4 is 28.4 Å². The van der Waals surface area contributed by atoms with Crippen LogP contribution < -0.4 is 5.32 Å². The summed E-state index contributed by atoms with van der Waals surface area (Å²) in [7, 11) is 0. The summed E-state index contributed by atoms with van der Waals surface area (Å²) in [6, 6.07) is 24.9. The minimum Gasteiger partial charge on any atom is -0.361 e. The zero-order valence-electron chi connectivity index (χ0n) is 16.3. The number of nitrogens with zero attached hydrogens (tertiary/aromatic N) is 1. The first kappa shape index (κ1) is 18.2. The number of fused-ring (bicyclic) bond motifs is 2. The number of anilines is 1. The summed E-state index contributed by atoms with van der Waals surface area (Å²) in [5.41, 5.74) is 4.53. The van der Waals surface area contributed by atoms with Crippen LogP contribution >= 0.6 is 0 Å². The van der Waals surface area contributed by atoms with Crippen LogP contribution in [0.25, 0.3) is 10.9 Å². The van der Waals surface area contributed by atoms with Gasteiger partial charge in [0, 0.05) is 46.9 Å². The standard InChI is InChI=1S/C25H21N3O2/c29-23(27-17-8-2-1-3-9-17)14-15-28-24(19-11-4-5-12-20(19)25(28)30)21-16-26-22-13-7-6-10-18(21)22/h1-13,16,24,26H,14-15H2,(H,27,29)/t24-/m1/s1. The third-order valence-electron chi connectivity index (χ3n) is 5.61. The highest BCUT2D eigenvalue weighted by Crippen LogP contribution is 2.41. The van der Waals surface area contributed by atoms with Crippen LogP contribution in [0.1, 0.15) is 33.9 Å². The lowest BCUT2D eigenvalue weighted by molar-refractivity contribution is -0.116. The maximum Gasteiger partial charge on any atom is 0.255 e. The Kier molecular flexibility index (Phi) is 4.56. The molecule has 5 rings (SSSR count). The number of nitrogens with one attached hydrogen (secondary N) is 2. The Labute approximate surface area is 174 Å². The van der Waals surface area contributed by atoms with E-state index in [2.05, 4.69) is 16.4 Å². The van der Waals surface area contributed by atoms with E-state index >= 15 is 0 Å². The van der Waals surface area contributed by atoms with E-state index in [4.69, 9.17) is 0 Å². The smallest absolute Gasteiger partial charge is 0.255 e. The number of carbonyl (C=O) groups is 2. The molecule has 2 N–H and O–H groups in total. The number of hydrogen-bond donors (Lipinski definition) is 2. The largest absolute Gasteiger partial charge is 0.361 e. The van der Waals surface area contributed by atoms with Gasteiger partial charge >= 0.3 is 0 Å². The Balaban J connectivity index is 1.44. The highest BCUT2D eigenvalue weighted by atomic mass is 16.2. The Morgan fingerprint density at radius 2 is 1.63 bits per heavy atom. The van der Waals surface area contributed by atoms with Gasteiger partial charge in [0.25, 0.3) is 5.91 Å². The molecule has 4 aromatic rings. The quantitative estimate of drug-likeness (QED) is 0.513. The van der Waals surface area contributed by atoms with Gasteiger partial charge in [0.15, 0.2) is 0 Å². The van der Waals surface area contributed by atoms with Crippen molar-refractivity contribution in [2.75, 3.05) is 11.9 Å². The molecule has 0 aliphatic carbocycles. The summed E-state index contributed by atoms with van der Waals surface area (Å²) in [5.74, 6) is -0.143. The lowest BCUT2D eigenvalue weighted by atomic mass is 9.97. The zero-order chi connectivity index (χ0) is 20.5. The van der Waals surface area contributed by atoms with E-state index in [1.54, 1.807) is 0 Å². The van der Waals surface area contributed by atoms with Crippen LogP contribution in [0, 0.1) is 0 Å². The number of rotatable bonds is 5. The lowest BCUT2D eigenvalue weighted by Gasteiger charge is -2.25. The molecule has 2 amide bonds. The molecule has 1 aromatic heterocycles. The number of H-pyrrole nitrogens is 1. The van der Waals surface area contributed by atoms with Gasteiger partial charge < -0.3 is 15.2 Å². The van der Waals surface area contributed by atoms with Crippen LogP contribution in [0.3, 0.4) is 0 Å². The van der Waals surface area contributed by atoms with Gasteiger partial charge in [-0.25, -0.2) is 0 Å². The molecule has 3 aromatic carbocycles. The molecule has 1 aliphatic heterocycles. The predicted molar refractivity (Wildman–Crippen MR) is 117 cm³/mol. The Hall–Kier alpha value is -3.86. The summed E-state index contributed by atoms with van der Waals surface area (Å²) in [4.78, 5) is 30.8. The molecule has 0 spiro atoms.